The van der Waals surface area contributed by atoms with Crippen molar-refractivity contribution in [1.29, 1.82) is 0 Å². The highest BCUT2D eigenvalue weighted by Crippen LogP contribution is 2.14. The minimum Gasteiger partial charge on any atom is -0.507 e. The molecule has 18 heavy (non-hydrogen) atoms. The first-order chi connectivity index (χ1) is 8.56. The third-order valence-electron chi connectivity index (χ3n) is 2.30. The monoisotopic (exact) mass is 245 g/mol. The number of carbonyl (C=O) groups excluding carboxylic acids is 1. The standard InChI is InChI=1S/C12H11N3O3/c1-7-2-3-10(13-5-7)15-12(18)8-6-14-11(17)4-9(8)16/h2-6H,1H3,(H,13,15,18)(H2,14,16,17). The second kappa shape index (κ2) is 4.70. The highest BCUT2D eigenvalue weighted by atomic mass is 16.3. The van der Waals surface area contributed by atoms with Gasteiger partial charge < -0.3 is 15.4 Å². The summed E-state index contributed by atoms with van der Waals surface area (Å²) in [5.41, 5.74) is 0.481. The van der Waals surface area contributed by atoms with Gasteiger partial charge in [-0.3, -0.25) is 9.59 Å². The van der Waals surface area contributed by atoms with Crippen LogP contribution in [-0.2, 0) is 0 Å². The average Bonchev–Trinajstić information content (AvgIpc) is 2.32. The van der Waals surface area contributed by atoms with Gasteiger partial charge in [0.25, 0.3) is 11.5 Å². The molecule has 2 aromatic rings. The maximum Gasteiger partial charge on any atom is 0.262 e. The van der Waals surface area contributed by atoms with E-state index >= 15 is 0 Å². The lowest BCUT2D eigenvalue weighted by atomic mass is 10.2. The topological polar surface area (TPSA) is 95.1 Å². The second-order valence-electron chi connectivity index (χ2n) is 3.77. The fraction of sp³-hybridized carbons (Fsp3) is 0.0833. The number of hydrogen-bond donors (Lipinski definition) is 3. The van der Waals surface area contributed by atoms with Gasteiger partial charge in [-0.15, -0.1) is 0 Å². The van der Waals surface area contributed by atoms with E-state index < -0.39 is 11.5 Å². The number of nitrogens with one attached hydrogen (secondary N) is 2. The first-order valence-electron chi connectivity index (χ1n) is 5.22. The summed E-state index contributed by atoms with van der Waals surface area (Å²) in [6, 6.07) is 4.39. The molecule has 0 aliphatic rings. The summed E-state index contributed by atoms with van der Waals surface area (Å²) in [5.74, 6) is -0.542. The molecule has 2 heterocycles. The van der Waals surface area contributed by atoms with Crippen LogP contribution >= 0.6 is 0 Å². The molecule has 0 bridgehead atoms. The zero-order chi connectivity index (χ0) is 13.1. The summed E-state index contributed by atoms with van der Waals surface area (Å²) in [7, 11) is 0. The molecule has 0 spiro atoms. The van der Waals surface area contributed by atoms with Crippen LogP contribution in [0.4, 0.5) is 5.82 Å². The molecule has 0 aliphatic carbocycles. The number of H-pyrrole nitrogens is 1. The average molecular weight is 245 g/mol. The van der Waals surface area contributed by atoms with Crippen molar-refractivity contribution in [2.45, 2.75) is 6.92 Å². The molecule has 2 aromatic heterocycles. The molecule has 92 valence electrons. The number of aryl methyl sites for hydroxylation is 1. The smallest absolute Gasteiger partial charge is 0.262 e. The lowest BCUT2D eigenvalue weighted by Gasteiger charge is -2.05. The van der Waals surface area contributed by atoms with E-state index in [-0.39, 0.29) is 11.3 Å². The van der Waals surface area contributed by atoms with Gasteiger partial charge in [-0.05, 0) is 18.6 Å². The van der Waals surface area contributed by atoms with E-state index in [2.05, 4.69) is 15.3 Å². The van der Waals surface area contributed by atoms with E-state index in [4.69, 9.17) is 0 Å². The van der Waals surface area contributed by atoms with Crippen molar-refractivity contribution in [1.82, 2.24) is 9.97 Å². The van der Waals surface area contributed by atoms with Crippen LogP contribution in [0.25, 0.3) is 0 Å². The predicted octanol–water partition coefficient (Wildman–Crippen LogP) is 1.04. The number of aromatic hydroxyl groups is 1. The van der Waals surface area contributed by atoms with Crippen molar-refractivity contribution in [3.63, 3.8) is 0 Å². The minimum atomic E-state index is -0.542. The van der Waals surface area contributed by atoms with Crippen molar-refractivity contribution < 1.29 is 9.90 Å². The quantitative estimate of drug-likeness (QED) is 0.736. The van der Waals surface area contributed by atoms with Crippen molar-refractivity contribution in [3.8, 4) is 5.75 Å². The van der Waals surface area contributed by atoms with E-state index in [0.29, 0.717) is 5.82 Å². The van der Waals surface area contributed by atoms with Crippen molar-refractivity contribution in [2.24, 2.45) is 0 Å². The normalized spacial score (nSPS) is 10.1. The Morgan fingerprint density at radius 1 is 1.44 bits per heavy atom. The molecule has 0 saturated carbocycles. The van der Waals surface area contributed by atoms with Gasteiger partial charge >= 0.3 is 0 Å². The summed E-state index contributed by atoms with van der Waals surface area (Å²) in [6.45, 7) is 1.88. The van der Waals surface area contributed by atoms with Crippen LogP contribution in [0.15, 0.2) is 35.4 Å². The Bertz CT molecular complexity index is 632. The van der Waals surface area contributed by atoms with Gasteiger partial charge in [-0.2, -0.15) is 0 Å². The van der Waals surface area contributed by atoms with Crippen LogP contribution in [-0.4, -0.2) is 21.0 Å². The maximum atomic E-state index is 11.8. The number of pyridine rings is 2. The first kappa shape index (κ1) is 11.8. The molecule has 2 rings (SSSR count). The van der Waals surface area contributed by atoms with Crippen molar-refractivity contribution in [3.05, 3.63) is 52.1 Å². The summed E-state index contributed by atoms with van der Waals surface area (Å²) < 4.78 is 0. The highest BCUT2D eigenvalue weighted by Gasteiger charge is 2.12. The van der Waals surface area contributed by atoms with Crippen LogP contribution in [0, 0.1) is 6.92 Å². The number of nitrogens with zero attached hydrogens (tertiary/aromatic N) is 1. The van der Waals surface area contributed by atoms with Gasteiger partial charge in [0, 0.05) is 18.5 Å². The molecule has 0 aliphatic heterocycles. The maximum absolute atomic E-state index is 11.8. The number of aromatic nitrogens is 2. The van der Waals surface area contributed by atoms with E-state index in [1.165, 1.54) is 0 Å². The Morgan fingerprint density at radius 2 is 2.22 bits per heavy atom. The molecular formula is C12H11N3O3. The molecule has 0 unspecified atom stereocenters. The Morgan fingerprint density at radius 3 is 2.83 bits per heavy atom. The predicted molar refractivity (Wildman–Crippen MR) is 65.7 cm³/mol. The molecule has 0 fully saturated rings. The lowest BCUT2D eigenvalue weighted by molar-refractivity contribution is 0.102. The van der Waals surface area contributed by atoms with Gasteiger partial charge in [0.1, 0.15) is 11.6 Å². The fourth-order valence-corrected chi connectivity index (χ4v) is 1.37. The van der Waals surface area contributed by atoms with E-state index in [9.17, 15) is 14.7 Å². The van der Waals surface area contributed by atoms with Gasteiger partial charge in [0.2, 0.25) is 0 Å². The molecule has 0 radical (unpaired) electrons. The van der Waals surface area contributed by atoms with Gasteiger partial charge in [-0.1, -0.05) is 6.07 Å². The molecular weight excluding hydrogens is 234 g/mol. The molecule has 6 nitrogen and oxygen atoms in total. The van der Waals surface area contributed by atoms with E-state index in [0.717, 1.165) is 17.8 Å². The molecule has 0 atom stereocenters. The van der Waals surface area contributed by atoms with Crippen LogP contribution in [0.1, 0.15) is 15.9 Å². The minimum absolute atomic E-state index is 0.0167. The Balaban J connectivity index is 2.22. The summed E-state index contributed by atoms with van der Waals surface area (Å²) in [6.07, 6.45) is 2.77. The summed E-state index contributed by atoms with van der Waals surface area (Å²) in [4.78, 5) is 29.0. The van der Waals surface area contributed by atoms with Crippen molar-refractivity contribution >= 4 is 11.7 Å². The van der Waals surface area contributed by atoms with Gasteiger partial charge in [0.15, 0.2) is 0 Å². The van der Waals surface area contributed by atoms with Gasteiger partial charge in [0.05, 0.1) is 5.56 Å². The zero-order valence-corrected chi connectivity index (χ0v) is 9.60. The second-order valence-corrected chi connectivity index (χ2v) is 3.77. The number of aromatic amines is 1. The lowest BCUT2D eigenvalue weighted by Crippen LogP contribution is -2.15. The van der Waals surface area contributed by atoms with Crippen LogP contribution < -0.4 is 10.9 Å². The van der Waals surface area contributed by atoms with Crippen molar-refractivity contribution in [2.75, 3.05) is 5.32 Å². The third-order valence-corrected chi connectivity index (χ3v) is 2.30. The zero-order valence-electron chi connectivity index (χ0n) is 9.60. The summed E-state index contributed by atoms with van der Waals surface area (Å²) >= 11 is 0. The Kier molecular flexibility index (Phi) is 3.09. The number of rotatable bonds is 2. The molecule has 1 amide bonds. The Labute approximate surface area is 102 Å². The first-order valence-corrected chi connectivity index (χ1v) is 5.22. The molecule has 0 saturated heterocycles. The highest BCUT2D eigenvalue weighted by molar-refractivity contribution is 6.05. The van der Waals surface area contributed by atoms with Crippen LogP contribution in [0.5, 0.6) is 5.75 Å². The molecule has 3 N–H and O–H groups in total. The molecule has 0 aromatic carbocycles. The van der Waals surface area contributed by atoms with Crippen LogP contribution in [0.2, 0.25) is 0 Å². The SMILES string of the molecule is Cc1ccc(NC(=O)c2c[nH]c(=O)cc2O)nc1. The number of anilines is 1. The fourth-order valence-electron chi connectivity index (χ4n) is 1.37. The summed E-state index contributed by atoms with van der Waals surface area (Å²) in [5, 5.41) is 12.0. The largest absolute Gasteiger partial charge is 0.507 e. The van der Waals surface area contributed by atoms with E-state index in [1.54, 1.807) is 18.3 Å². The number of hydrogen-bond acceptors (Lipinski definition) is 4. The number of amides is 1. The molecule has 6 heteroatoms. The van der Waals surface area contributed by atoms with Gasteiger partial charge in [-0.25, -0.2) is 4.98 Å². The number of carbonyl (C=O) groups is 1. The third kappa shape index (κ3) is 2.54. The Hall–Kier alpha value is -2.63. The van der Waals surface area contributed by atoms with Crippen LogP contribution in [0.3, 0.4) is 0 Å². The van der Waals surface area contributed by atoms with E-state index in [1.807, 2.05) is 6.92 Å².